The van der Waals surface area contributed by atoms with Gasteiger partial charge in [0.05, 0.1) is 0 Å². The maximum absolute atomic E-state index is 2.52. The summed E-state index contributed by atoms with van der Waals surface area (Å²) in [6.07, 6.45) is 0. The zero-order chi connectivity index (χ0) is 30.9. The van der Waals surface area contributed by atoms with E-state index in [0.29, 0.717) is 23.7 Å². The van der Waals surface area contributed by atoms with Crippen LogP contribution in [0.4, 0.5) is 0 Å². The average molecular weight is 573 g/mol. The molecule has 0 heteroatoms. The second-order valence-corrected chi connectivity index (χ2v) is 14.0. The molecule has 0 aromatic heterocycles. The molecule has 0 radical (unpaired) electrons. The average Bonchev–Trinajstić information content (AvgIpc) is 3.01. The van der Waals surface area contributed by atoms with Crippen molar-refractivity contribution >= 4 is 43.1 Å². The summed E-state index contributed by atoms with van der Waals surface area (Å²) in [5.41, 5.74) is 11.4. The highest BCUT2D eigenvalue weighted by atomic mass is 14.3. The van der Waals surface area contributed by atoms with Crippen LogP contribution in [0, 0.1) is 0 Å². The van der Waals surface area contributed by atoms with Gasteiger partial charge in [-0.05, 0) is 117 Å². The largest absolute Gasteiger partial charge is 0.0613 e. The third kappa shape index (κ3) is 4.26. The first-order chi connectivity index (χ1) is 21.2. The molecule has 0 bridgehead atoms. The van der Waals surface area contributed by atoms with Gasteiger partial charge in [0.15, 0.2) is 0 Å². The van der Waals surface area contributed by atoms with E-state index in [0.717, 1.165) is 0 Å². The van der Waals surface area contributed by atoms with E-state index in [9.17, 15) is 0 Å². The zero-order valence-corrected chi connectivity index (χ0v) is 27.5. The van der Waals surface area contributed by atoms with Crippen molar-refractivity contribution in [2.24, 2.45) is 0 Å². The minimum absolute atomic E-state index is 0.396. The molecule has 7 aromatic rings. The van der Waals surface area contributed by atoms with Gasteiger partial charge in [-0.3, -0.25) is 0 Å². The predicted octanol–water partition coefficient (Wildman–Crippen LogP) is 13.6. The summed E-state index contributed by atoms with van der Waals surface area (Å²) in [5.74, 6) is 1.71. The van der Waals surface area contributed by atoms with E-state index in [4.69, 9.17) is 0 Å². The lowest BCUT2D eigenvalue weighted by Crippen LogP contribution is -2.05. The van der Waals surface area contributed by atoms with Gasteiger partial charge in [0, 0.05) is 0 Å². The Labute approximate surface area is 263 Å². The van der Waals surface area contributed by atoms with Gasteiger partial charge >= 0.3 is 0 Å². The van der Waals surface area contributed by atoms with Gasteiger partial charge in [-0.2, -0.15) is 0 Å². The van der Waals surface area contributed by atoms with Crippen molar-refractivity contribution in [3.8, 4) is 22.3 Å². The van der Waals surface area contributed by atoms with Crippen LogP contribution in [-0.2, 0) is 0 Å². The van der Waals surface area contributed by atoms with E-state index in [2.05, 4.69) is 152 Å². The van der Waals surface area contributed by atoms with E-state index < -0.39 is 0 Å². The first kappa shape index (κ1) is 28.6. The lowest BCUT2D eigenvalue weighted by Gasteiger charge is -2.27. The van der Waals surface area contributed by atoms with Crippen molar-refractivity contribution in [2.45, 2.75) is 79.1 Å². The first-order valence-electron chi connectivity index (χ1n) is 16.6. The lowest BCUT2D eigenvalue weighted by molar-refractivity contribution is 0.791. The first-order valence-corrected chi connectivity index (χ1v) is 16.6. The molecular weight excluding hydrogens is 528 g/mol. The molecule has 0 aliphatic carbocycles. The van der Waals surface area contributed by atoms with Crippen molar-refractivity contribution in [2.75, 3.05) is 0 Å². The van der Waals surface area contributed by atoms with Gasteiger partial charge in [-0.1, -0.05) is 146 Å². The standard InChI is InChI=1S/C44H44/c1-25(2)31-17-12-21-35(39(31)27(5)6)38-24-30-16-11-20-34-33-19-9-14-29-15-10-22-37(41(29)33)44(42(30)34)43(38)36-23-13-18-32(26(3)4)40(36)28(7)8/h9-28H,1-8H3. The van der Waals surface area contributed by atoms with E-state index >= 15 is 0 Å². The SMILES string of the molecule is CC(C)c1cccc(-c2cc3cccc4c5cccc6cccc(c(c2-c2cccc(C(C)C)c2C(C)C)c34)c65)c1C(C)C. The highest BCUT2D eigenvalue weighted by Crippen LogP contribution is 2.51. The maximum Gasteiger partial charge on any atom is -0.000775 e. The molecule has 220 valence electrons. The molecule has 0 heterocycles. The monoisotopic (exact) mass is 572 g/mol. The minimum Gasteiger partial charge on any atom is -0.0613 e. The zero-order valence-electron chi connectivity index (χ0n) is 27.5. The van der Waals surface area contributed by atoms with Gasteiger partial charge in [-0.25, -0.2) is 0 Å². The highest BCUT2D eigenvalue weighted by Gasteiger charge is 2.26. The smallest absolute Gasteiger partial charge is 0.000775 e. The molecule has 0 saturated heterocycles. The number of rotatable bonds is 6. The van der Waals surface area contributed by atoms with Gasteiger partial charge in [0.25, 0.3) is 0 Å². The normalized spacial score (nSPS) is 12.5. The molecule has 7 rings (SSSR count). The molecule has 0 aliphatic rings. The van der Waals surface area contributed by atoms with E-state index in [1.165, 1.54) is 87.6 Å². The topological polar surface area (TPSA) is 0 Å². The van der Waals surface area contributed by atoms with Crippen LogP contribution in [0.5, 0.6) is 0 Å². The Bertz CT molecular complexity index is 2160. The minimum atomic E-state index is 0.396. The third-order valence-corrected chi connectivity index (χ3v) is 9.87. The number of fused-ring (bicyclic) bond motifs is 2. The van der Waals surface area contributed by atoms with E-state index in [-0.39, 0.29) is 0 Å². The summed E-state index contributed by atoms with van der Waals surface area (Å²) in [6, 6.07) is 37.3. The highest BCUT2D eigenvalue weighted by molar-refractivity contribution is 6.36. The van der Waals surface area contributed by atoms with E-state index in [1.807, 2.05) is 0 Å². The van der Waals surface area contributed by atoms with Gasteiger partial charge in [0.1, 0.15) is 0 Å². The van der Waals surface area contributed by atoms with Crippen LogP contribution in [-0.4, -0.2) is 0 Å². The fourth-order valence-corrected chi connectivity index (χ4v) is 8.13. The number of hydrogen-bond donors (Lipinski definition) is 0. The summed E-state index contributed by atoms with van der Waals surface area (Å²) < 4.78 is 0. The molecule has 44 heavy (non-hydrogen) atoms. The lowest BCUT2D eigenvalue weighted by atomic mass is 9.76. The molecule has 0 nitrogen and oxygen atoms in total. The van der Waals surface area contributed by atoms with Crippen LogP contribution in [0.3, 0.4) is 0 Å². The Morgan fingerprint density at radius 1 is 0.364 bits per heavy atom. The maximum atomic E-state index is 2.52. The molecule has 0 spiro atoms. The quantitative estimate of drug-likeness (QED) is 0.137. The molecule has 0 unspecified atom stereocenters. The predicted molar refractivity (Wildman–Crippen MR) is 195 cm³/mol. The third-order valence-electron chi connectivity index (χ3n) is 9.87. The van der Waals surface area contributed by atoms with Crippen molar-refractivity contribution in [3.05, 3.63) is 119 Å². The van der Waals surface area contributed by atoms with Crippen LogP contribution in [0.15, 0.2) is 97.1 Å². The Kier molecular flexibility index (Phi) is 7.00. The second-order valence-electron chi connectivity index (χ2n) is 14.0. The van der Waals surface area contributed by atoms with Gasteiger partial charge in [-0.15, -0.1) is 0 Å². The van der Waals surface area contributed by atoms with Crippen LogP contribution in [0.1, 0.15) is 101 Å². The number of hydrogen-bond acceptors (Lipinski definition) is 0. The van der Waals surface area contributed by atoms with Crippen molar-refractivity contribution in [3.63, 3.8) is 0 Å². The fourth-order valence-electron chi connectivity index (χ4n) is 8.13. The van der Waals surface area contributed by atoms with Crippen LogP contribution < -0.4 is 0 Å². The van der Waals surface area contributed by atoms with Gasteiger partial charge in [0.2, 0.25) is 0 Å². The van der Waals surface area contributed by atoms with Crippen molar-refractivity contribution in [1.29, 1.82) is 0 Å². The molecule has 0 N–H and O–H groups in total. The van der Waals surface area contributed by atoms with Crippen molar-refractivity contribution in [1.82, 2.24) is 0 Å². The Balaban J connectivity index is 1.81. The van der Waals surface area contributed by atoms with Crippen LogP contribution in [0.2, 0.25) is 0 Å². The second kappa shape index (κ2) is 10.8. The molecule has 7 aromatic carbocycles. The van der Waals surface area contributed by atoms with Crippen LogP contribution in [0.25, 0.3) is 65.3 Å². The Hall–Kier alpha value is -4.16. The number of benzene rings is 7. The van der Waals surface area contributed by atoms with Gasteiger partial charge < -0.3 is 0 Å². The summed E-state index contributed by atoms with van der Waals surface area (Å²) in [7, 11) is 0. The molecule has 0 atom stereocenters. The van der Waals surface area contributed by atoms with Crippen LogP contribution >= 0.6 is 0 Å². The molecule has 0 fully saturated rings. The summed E-state index contributed by atoms with van der Waals surface area (Å²) in [4.78, 5) is 0. The molecule has 0 saturated carbocycles. The molecular formula is C44H44. The fraction of sp³-hybridized carbons (Fsp3) is 0.273. The Morgan fingerprint density at radius 3 is 1.41 bits per heavy atom. The molecule has 0 amide bonds. The van der Waals surface area contributed by atoms with Crippen molar-refractivity contribution < 1.29 is 0 Å². The Morgan fingerprint density at radius 2 is 0.841 bits per heavy atom. The summed E-state index contributed by atoms with van der Waals surface area (Å²) in [6.45, 7) is 18.8. The molecule has 0 aliphatic heterocycles. The summed E-state index contributed by atoms with van der Waals surface area (Å²) >= 11 is 0. The summed E-state index contributed by atoms with van der Waals surface area (Å²) in [5, 5.41) is 10.8. The van der Waals surface area contributed by atoms with E-state index in [1.54, 1.807) is 0 Å².